The maximum absolute atomic E-state index is 4.39. The number of nitrogens with zero attached hydrogens (tertiary/aromatic N) is 2. The lowest BCUT2D eigenvalue weighted by atomic mass is 10.1. The number of hydrogen-bond donors (Lipinski definition) is 0. The van der Waals surface area contributed by atoms with Crippen molar-refractivity contribution in [3.05, 3.63) is 48.0 Å². The molecule has 0 radical (unpaired) electrons. The standard InChI is InChI=1S/C14H16N2.C2H6/c1-3-13-7-5-11(9-15-13)12-6-8-14(4-2)16-10-12;1-2/h5-10H,3-4H2,1-2H3;1-2H3. The molecule has 18 heavy (non-hydrogen) atoms. The van der Waals surface area contributed by atoms with Crippen molar-refractivity contribution < 1.29 is 0 Å². The Morgan fingerprint density at radius 1 is 0.722 bits per heavy atom. The van der Waals surface area contributed by atoms with E-state index in [1.807, 2.05) is 26.2 Å². The van der Waals surface area contributed by atoms with Gasteiger partial charge in [-0.25, -0.2) is 0 Å². The van der Waals surface area contributed by atoms with Crippen LogP contribution in [0, 0.1) is 0 Å². The summed E-state index contributed by atoms with van der Waals surface area (Å²) < 4.78 is 0. The molecule has 0 saturated heterocycles. The molecular formula is C16H22N2. The summed E-state index contributed by atoms with van der Waals surface area (Å²) >= 11 is 0. The summed E-state index contributed by atoms with van der Waals surface area (Å²) in [6.45, 7) is 8.22. The van der Waals surface area contributed by atoms with Gasteiger partial charge in [0.05, 0.1) is 0 Å². The van der Waals surface area contributed by atoms with Gasteiger partial charge in [0.2, 0.25) is 0 Å². The minimum Gasteiger partial charge on any atom is -0.261 e. The van der Waals surface area contributed by atoms with Crippen LogP contribution in [0.2, 0.25) is 0 Å². The van der Waals surface area contributed by atoms with E-state index in [0.29, 0.717) is 0 Å². The third kappa shape index (κ3) is 3.66. The number of pyridine rings is 2. The van der Waals surface area contributed by atoms with Crippen molar-refractivity contribution in [2.45, 2.75) is 40.5 Å². The molecule has 0 N–H and O–H groups in total. The average molecular weight is 242 g/mol. The molecule has 2 aromatic rings. The van der Waals surface area contributed by atoms with Crippen LogP contribution in [0.1, 0.15) is 39.1 Å². The maximum Gasteiger partial charge on any atom is 0.0401 e. The topological polar surface area (TPSA) is 25.8 Å². The zero-order chi connectivity index (χ0) is 13.4. The largest absolute Gasteiger partial charge is 0.261 e. The number of hydrogen-bond acceptors (Lipinski definition) is 2. The van der Waals surface area contributed by atoms with Crippen LogP contribution in [0.25, 0.3) is 11.1 Å². The Bertz CT molecular complexity index is 398. The molecular weight excluding hydrogens is 220 g/mol. The van der Waals surface area contributed by atoms with Gasteiger partial charge < -0.3 is 0 Å². The highest BCUT2D eigenvalue weighted by Crippen LogP contribution is 2.17. The van der Waals surface area contributed by atoms with Crippen LogP contribution >= 0.6 is 0 Å². The van der Waals surface area contributed by atoms with Crippen molar-refractivity contribution >= 4 is 0 Å². The second kappa shape index (κ2) is 7.59. The summed E-state index contributed by atoms with van der Waals surface area (Å²) in [5.41, 5.74) is 4.52. The van der Waals surface area contributed by atoms with E-state index in [0.717, 1.165) is 35.4 Å². The average Bonchev–Trinajstić information content (AvgIpc) is 2.49. The molecule has 0 fully saturated rings. The highest BCUT2D eigenvalue weighted by atomic mass is 14.7. The van der Waals surface area contributed by atoms with Crippen LogP contribution in [0.4, 0.5) is 0 Å². The first-order chi connectivity index (χ1) is 8.83. The Balaban J connectivity index is 0.000000771. The first kappa shape index (κ1) is 14.4. The second-order valence-corrected chi connectivity index (χ2v) is 3.78. The van der Waals surface area contributed by atoms with E-state index in [1.54, 1.807) is 0 Å². The van der Waals surface area contributed by atoms with Gasteiger partial charge in [-0.3, -0.25) is 9.97 Å². The summed E-state index contributed by atoms with van der Waals surface area (Å²) in [4.78, 5) is 8.78. The molecule has 0 bridgehead atoms. The van der Waals surface area contributed by atoms with E-state index < -0.39 is 0 Å². The first-order valence-corrected chi connectivity index (χ1v) is 6.73. The number of rotatable bonds is 3. The molecule has 0 spiro atoms. The van der Waals surface area contributed by atoms with Gasteiger partial charge in [0.25, 0.3) is 0 Å². The fourth-order valence-electron chi connectivity index (χ4n) is 1.61. The van der Waals surface area contributed by atoms with E-state index in [-0.39, 0.29) is 0 Å². The predicted molar refractivity (Wildman–Crippen MR) is 77.6 cm³/mol. The van der Waals surface area contributed by atoms with E-state index in [4.69, 9.17) is 0 Å². The lowest BCUT2D eigenvalue weighted by Crippen LogP contribution is -1.89. The third-order valence-electron chi connectivity index (χ3n) is 2.71. The molecule has 2 aromatic heterocycles. The molecule has 0 amide bonds. The van der Waals surface area contributed by atoms with Crippen molar-refractivity contribution in [2.24, 2.45) is 0 Å². The lowest BCUT2D eigenvalue weighted by molar-refractivity contribution is 1.03. The van der Waals surface area contributed by atoms with Gasteiger partial charge in [-0.05, 0) is 25.0 Å². The Hall–Kier alpha value is -1.70. The van der Waals surface area contributed by atoms with Gasteiger partial charge in [0.1, 0.15) is 0 Å². The lowest BCUT2D eigenvalue weighted by Gasteiger charge is -2.03. The van der Waals surface area contributed by atoms with Crippen molar-refractivity contribution in [1.29, 1.82) is 0 Å². The molecule has 2 nitrogen and oxygen atoms in total. The minimum atomic E-state index is 0.979. The van der Waals surface area contributed by atoms with Crippen LogP contribution in [-0.4, -0.2) is 9.97 Å². The van der Waals surface area contributed by atoms with Gasteiger partial charge >= 0.3 is 0 Å². The SMILES string of the molecule is CC.CCc1ccc(-c2ccc(CC)nc2)cn1. The van der Waals surface area contributed by atoms with Crippen molar-refractivity contribution in [1.82, 2.24) is 9.97 Å². The fraction of sp³-hybridized carbons (Fsp3) is 0.375. The monoisotopic (exact) mass is 242 g/mol. The molecule has 2 heterocycles. The summed E-state index contributed by atoms with van der Waals surface area (Å²) in [5, 5.41) is 0. The molecule has 0 saturated carbocycles. The fourth-order valence-corrected chi connectivity index (χ4v) is 1.61. The van der Waals surface area contributed by atoms with Crippen molar-refractivity contribution in [3.63, 3.8) is 0 Å². The predicted octanol–water partition coefficient (Wildman–Crippen LogP) is 4.29. The Kier molecular flexibility index (Phi) is 6.06. The minimum absolute atomic E-state index is 0.979. The van der Waals surface area contributed by atoms with Gasteiger partial charge in [0, 0.05) is 34.9 Å². The van der Waals surface area contributed by atoms with Crippen LogP contribution in [0.15, 0.2) is 36.7 Å². The quantitative estimate of drug-likeness (QED) is 0.802. The van der Waals surface area contributed by atoms with E-state index in [9.17, 15) is 0 Å². The molecule has 0 aliphatic rings. The van der Waals surface area contributed by atoms with Gasteiger partial charge in [-0.2, -0.15) is 0 Å². The summed E-state index contributed by atoms with van der Waals surface area (Å²) in [6.07, 6.45) is 5.80. The summed E-state index contributed by atoms with van der Waals surface area (Å²) in [5.74, 6) is 0. The first-order valence-electron chi connectivity index (χ1n) is 6.73. The van der Waals surface area contributed by atoms with Crippen molar-refractivity contribution in [2.75, 3.05) is 0 Å². The van der Waals surface area contributed by atoms with Gasteiger partial charge in [0.15, 0.2) is 0 Å². The van der Waals surface area contributed by atoms with Crippen LogP contribution < -0.4 is 0 Å². The summed E-state index contributed by atoms with van der Waals surface area (Å²) in [6, 6.07) is 8.36. The Morgan fingerprint density at radius 3 is 1.33 bits per heavy atom. The summed E-state index contributed by atoms with van der Waals surface area (Å²) in [7, 11) is 0. The Labute approximate surface area is 110 Å². The number of aryl methyl sites for hydroxylation is 2. The normalized spacial score (nSPS) is 9.56. The second-order valence-electron chi connectivity index (χ2n) is 3.78. The molecule has 0 unspecified atom stereocenters. The van der Waals surface area contributed by atoms with Crippen LogP contribution in [-0.2, 0) is 12.8 Å². The van der Waals surface area contributed by atoms with Gasteiger partial charge in [-0.1, -0.05) is 39.8 Å². The highest BCUT2D eigenvalue weighted by Gasteiger charge is 1.99. The molecule has 96 valence electrons. The van der Waals surface area contributed by atoms with Crippen LogP contribution in [0.3, 0.4) is 0 Å². The molecule has 0 aromatic carbocycles. The molecule has 0 atom stereocenters. The number of aromatic nitrogens is 2. The van der Waals surface area contributed by atoms with E-state index in [1.165, 1.54) is 0 Å². The maximum atomic E-state index is 4.39. The zero-order valence-corrected chi connectivity index (χ0v) is 11.8. The van der Waals surface area contributed by atoms with E-state index in [2.05, 4.69) is 48.1 Å². The van der Waals surface area contributed by atoms with Crippen molar-refractivity contribution in [3.8, 4) is 11.1 Å². The highest BCUT2D eigenvalue weighted by molar-refractivity contribution is 5.61. The molecule has 0 aliphatic heterocycles. The Morgan fingerprint density at radius 2 is 1.11 bits per heavy atom. The van der Waals surface area contributed by atoms with E-state index >= 15 is 0 Å². The smallest absolute Gasteiger partial charge is 0.0401 e. The van der Waals surface area contributed by atoms with Gasteiger partial charge in [-0.15, -0.1) is 0 Å². The molecule has 2 heteroatoms. The molecule has 0 aliphatic carbocycles. The molecule has 2 rings (SSSR count). The third-order valence-corrected chi connectivity index (χ3v) is 2.71. The zero-order valence-electron chi connectivity index (χ0n) is 11.8. The van der Waals surface area contributed by atoms with Crippen LogP contribution in [0.5, 0.6) is 0 Å².